The minimum absolute atomic E-state index is 0.143. The van der Waals surface area contributed by atoms with Crippen molar-refractivity contribution >= 4 is 40.4 Å². The Morgan fingerprint density at radius 2 is 1.97 bits per heavy atom. The molecule has 0 aliphatic carbocycles. The molecule has 0 aliphatic heterocycles. The van der Waals surface area contributed by atoms with Gasteiger partial charge in [-0.05, 0) is 31.2 Å². The highest BCUT2D eigenvalue weighted by Gasteiger charge is 2.10. The Kier molecular flexibility index (Phi) is 5.84. The number of hydrogen-bond donors (Lipinski definition) is 3. The van der Waals surface area contributed by atoms with Crippen LogP contribution in [0.25, 0.3) is 11.0 Å². The molecule has 30 heavy (non-hydrogen) atoms. The maximum atomic E-state index is 5.88. The zero-order valence-electron chi connectivity index (χ0n) is 16.5. The zero-order valence-corrected chi connectivity index (χ0v) is 17.4. The average Bonchev–Trinajstić information content (AvgIpc) is 3.15. The maximum absolute atomic E-state index is 5.88. The molecule has 9 nitrogen and oxygen atoms in total. The maximum Gasteiger partial charge on any atom is 0.232 e. The lowest BCUT2D eigenvalue weighted by Crippen LogP contribution is -2.07. The van der Waals surface area contributed by atoms with Gasteiger partial charge in [0.1, 0.15) is 17.3 Å². The summed E-state index contributed by atoms with van der Waals surface area (Å²) in [4.78, 5) is 20.7. The van der Waals surface area contributed by atoms with Crippen LogP contribution >= 0.6 is 11.8 Å². The number of nitrogens with two attached hydrogens (primary N) is 1. The number of H-pyrrole nitrogens is 1. The summed E-state index contributed by atoms with van der Waals surface area (Å²) >= 11 is 1.48. The molecule has 0 saturated heterocycles. The molecule has 0 radical (unpaired) electrons. The van der Waals surface area contributed by atoms with Gasteiger partial charge in [0.05, 0.1) is 36.2 Å². The second kappa shape index (κ2) is 8.87. The number of nitrogens with one attached hydrogen (secondary N) is 2. The Hall–Kier alpha value is -3.53. The molecule has 4 N–H and O–H groups in total. The van der Waals surface area contributed by atoms with Crippen molar-refractivity contribution in [2.45, 2.75) is 17.8 Å². The fourth-order valence-electron chi connectivity index (χ4n) is 2.85. The van der Waals surface area contributed by atoms with Crippen molar-refractivity contribution in [3.05, 3.63) is 48.3 Å². The van der Waals surface area contributed by atoms with Gasteiger partial charge in [-0.3, -0.25) is 0 Å². The quantitative estimate of drug-likeness (QED) is 0.363. The van der Waals surface area contributed by atoms with Crippen molar-refractivity contribution in [1.82, 2.24) is 24.9 Å². The van der Waals surface area contributed by atoms with Crippen molar-refractivity contribution in [1.29, 1.82) is 0 Å². The first kappa shape index (κ1) is 19.8. The Balaban J connectivity index is 1.49. The number of imidazole rings is 1. The normalized spacial score (nSPS) is 10.9. The number of para-hydroxylation sites is 2. The molecule has 0 amide bonds. The minimum atomic E-state index is 0.143. The van der Waals surface area contributed by atoms with E-state index in [2.05, 4.69) is 30.2 Å². The van der Waals surface area contributed by atoms with Crippen molar-refractivity contribution in [3.8, 4) is 11.5 Å². The third-order valence-corrected chi connectivity index (χ3v) is 5.00. The summed E-state index contributed by atoms with van der Waals surface area (Å²) in [6.45, 7) is 2.57. The summed E-state index contributed by atoms with van der Waals surface area (Å²) in [5, 5.41) is 3.89. The van der Waals surface area contributed by atoms with Crippen LogP contribution in [0.15, 0.2) is 47.6 Å². The molecule has 10 heteroatoms. The van der Waals surface area contributed by atoms with Gasteiger partial charge in [-0.2, -0.15) is 15.0 Å². The lowest BCUT2D eigenvalue weighted by atomic mass is 10.3. The summed E-state index contributed by atoms with van der Waals surface area (Å²) in [5.41, 5.74) is 8.41. The van der Waals surface area contributed by atoms with Crippen LogP contribution in [0, 0.1) is 0 Å². The molecule has 2 heterocycles. The van der Waals surface area contributed by atoms with Gasteiger partial charge in [-0.1, -0.05) is 23.9 Å². The largest absolute Gasteiger partial charge is 0.495 e. The van der Waals surface area contributed by atoms with Crippen LogP contribution < -0.4 is 20.5 Å². The van der Waals surface area contributed by atoms with Crippen LogP contribution in [0.3, 0.4) is 0 Å². The second-order valence-corrected chi connectivity index (χ2v) is 7.17. The van der Waals surface area contributed by atoms with Gasteiger partial charge in [0.15, 0.2) is 5.16 Å². The van der Waals surface area contributed by atoms with E-state index in [0.29, 0.717) is 29.9 Å². The van der Waals surface area contributed by atoms with E-state index >= 15 is 0 Å². The second-order valence-electron chi connectivity index (χ2n) is 6.20. The van der Waals surface area contributed by atoms with Crippen molar-refractivity contribution < 1.29 is 9.47 Å². The molecular formula is C20H21N7O2S. The van der Waals surface area contributed by atoms with E-state index in [-0.39, 0.29) is 5.95 Å². The number of nitrogen functional groups attached to an aromatic ring is 1. The number of benzene rings is 2. The average molecular weight is 424 g/mol. The van der Waals surface area contributed by atoms with Crippen molar-refractivity contribution in [2.24, 2.45) is 0 Å². The first-order valence-electron chi connectivity index (χ1n) is 9.30. The predicted octanol–water partition coefficient (Wildman–Crippen LogP) is 3.77. The molecule has 0 fully saturated rings. The number of nitrogens with zero attached hydrogens (tertiary/aromatic N) is 4. The zero-order chi connectivity index (χ0) is 20.9. The SMILES string of the molecule is CCOc1ccc2nc(SCc3nc(N)nc(Nc4ccccc4OC)n3)[nH]c2c1. The molecule has 0 unspecified atom stereocenters. The third kappa shape index (κ3) is 4.54. The molecule has 0 saturated carbocycles. The molecular weight excluding hydrogens is 402 g/mol. The molecule has 154 valence electrons. The van der Waals surface area contributed by atoms with E-state index in [1.165, 1.54) is 11.8 Å². The highest BCUT2D eigenvalue weighted by Crippen LogP contribution is 2.27. The first-order chi connectivity index (χ1) is 14.6. The number of ether oxygens (including phenoxy) is 2. The van der Waals surface area contributed by atoms with Crippen LogP contribution in [0.1, 0.15) is 12.7 Å². The van der Waals surface area contributed by atoms with Crippen molar-refractivity contribution in [2.75, 3.05) is 24.8 Å². The predicted molar refractivity (Wildman–Crippen MR) is 117 cm³/mol. The molecule has 4 aromatic rings. The number of hydrogen-bond acceptors (Lipinski definition) is 9. The fourth-order valence-corrected chi connectivity index (χ4v) is 3.59. The molecule has 0 bridgehead atoms. The first-order valence-corrected chi connectivity index (χ1v) is 10.3. The number of thioether (sulfide) groups is 1. The van der Waals surface area contributed by atoms with Gasteiger partial charge in [-0.25, -0.2) is 4.98 Å². The summed E-state index contributed by atoms with van der Waals surface area (Å²) in [5.74, 6) is 3.01. The number of aromatic nitrogens is 5. The number of fused-ring (bicyclic) bond motifs is 1. The summed E-state index contributed by atoms with van der Waals surface area (Å²) in [6.07, 6.45) is 0. The van der Waals surface area contributed by atoms with Crippen LogP contribution in [0.4, 0.5) is 17.6 Å². The highest BCUT2D eigenvalue weighted by molar-refractivity contribution is 7.98. The minimum Gasteiger partial charge on any atom is -0.495 e. The van der Waals surface area contributed by atoms with Gasteiger partial charge in [0.25, 0.3) is 0 Å². The monoisotopic (exact) mass is 423 g/mol. The van der Waals surface area contributed by atoms with Crippen molar-refractivity contribution in [3.63, 3.8) is 0 Å². The fraction of sp³-hybridized carbons (Fsp3) is 0.200. The molecule has 0 spiro atoms. The molecule has 2 aromatic heterocycles. The summed E-state index contributed by atoms with van der Waals surface area (Å²) in [6, 6.07) is 13.3. The molecule has 0 atom stereocenters. The Morgan fingerprint density at radius 3 is 2.80 bits per heavy atom. The van der Waals surface area contributed by atoms with E-state index in [4.69, 9.17) is 15.2 Å². The summed E-state index contributed by atoms with van der Waals surface area (Å²) < 4.78 is 10.9. The standard InChI is InChI=1S/C20H21N7O2S/c1-3-29-12-8-9-13-15(10-12)24-20(23-13)30-11-17-25-18(21)27-19(26-17)22-14-6-4-5-7-16(14)28-2/h4-10H,3,11H2,1-2H3,(H,23,24)(H3,21,22,25,26,27). The van der Waals surface area contributed by atoms with E-state index in [9.17, 15) is 0 Å². The Bertz CT molecular complexity index is 1170. The molecule has 4 rings (SSSR count). The van der Waals surface area contributed by atoms with Crippen LogP contribution in [0.2, 0.25) is 0 Å². The molecule has 2 aromatic carbocycles. The van der Waals surface area contributed by atoms with Crippen LogP contribution in [-0.4, -0.2) is 38.6 Å². The number of aromatic amines is 1. The number of methoxy groups -OCH3 is 1. The van der Waals surface area contributed by atoms with Gasteiger partial charge < -0.3 is 25.5 Å². The van der Waals surface area contributed by atoms with Gasteiger partial charge in [0, 0.05) is 6.07 Å². The lowest BCUT2D eigenvalue weighted by Gasteiger charge is -2.10. The van der Waals surface area contributed by atoms with E-state index in [1.807, 2.05) is 49.4 Å². The smallest absolute Gasteiger partial charge is 0.232 e. The molecule has 0 aliphatic rings. The van der Waals surface area contributed by atoms with Crippen LogP contribution in [-0.2, 0) is 5.75 Å². The van der Waals surface area contributed by atoms with E-state index in [1.54, 1.807) is 7.11 Å². The van der Waals surface area contributed by atoms with Gasteiger partial charge in [-0.15, -0.1) is 0 Å². The van der Waals surface area contributed by atoms with Gasteiger partial charge in [0.2, 0.25) is 11.9 Å². The summed E-state index contributed by atoms with van der Waals surface area (Å²) in [7, 11) is 1.61. The van der Waals surface area contributed by atoms with Gasteiger partial charge >= 0.3 is 0 Å². The third-order valence-electron chi connectivity index (χ3n) is 4.13. The highest BCUT2D eigenvalue weighted by atomic mass is 32.2. The lowest BCUT2D eigenvalue weighted by molar-refractivity contribution is 0.340. The number of anilines is 3. The Morgan fingerprint density at radius 1 is 1.10 bits per heavy atom. The Labute approximate surface area is 177 Å². The number of rotatable bonds is 8. The van der Waals surface area contributed by atoms with E-state index in [0.717, 1.165) is 27.6 Å². The van der Waals surface area contributed by atoms with E-state index < -0.39 is 0 Å². The topological polar surface area (TPSA) is 124 Å². The van der Waals surface area contributed by atoms with Crippen LogP contribution in [0.5, 0.6) is 11.5 Å².